The number of nitrogens with one attached hydrogen (secondary N) is 1. The first-order valence-corrected chi connectivity index (χ1v) is 9.55. The van der Waals surface area contributed by atoms with Gasteiger partial charge in [0.2, 0.25) is 17.4 Å². The lowest BCUT2D eigenvalue weighted by molar-refractivity contribution is 0.0999. The monoisotopic (exact) mass is 418 g/mol. The van der Waals surface area contributed by atoms with E-state index in [1.807, 2.05) is 36.4 Å². The molecule has 0 aliphatic carbocycles. The van der Waals surface area contributed by atoms with E-state index in [4.69, 9.17) is 20.5 Å². The van der Waals surface area contributed by atoms with Gasteiger partial charge in [-0.1, -0.05) is 41.0 Å². The van der Waals surface area contributed by atoms with Crippen molar-refractivity contribution in [2.24, 2.45) is 0 Å². The maximum atomic E-state index is 12.9. The predicted molar refractivity (Wildman–Crippen MR) is 113 cm³/mol. The summed E-state index contributed by atoms with van der Waals surface area (Å²) in [4.78, 5) is 15.7. The lowest BCUT2D eigenvalue weighted by atomic mass is 9.99. The van der Waals surface area contributed by atoms with Gasteiger partial charge in [0, 0.05) is 22.6 Å². The van der Waals surface area contributed by atoms with Crippen molar-refractivity contribution in [1.82, 2.24) is 10.1 Å². The zero-order valence-corrected chi connectivity index (χ0v) is 16.5. The molecule has 0 saturated carbocycles. The smallest absolute Gasteiger partial charge is 0.237 e. The van der Waals surface area contributed by atoms with Gasteiger partial charge in [-0.3, -0.25) is 4.79 Å². The number of rotatable bonds is 4. The van der Waals surface area contributed by atoms with E-state index in [0.29, 0.717) is 21.6 Å². The number of carbonyl (C=O) groups is 1. The molecule has 148 valence electrons. The van der Waals surface area contributed by atoms with Crippen LogP contribution in [0.15, 0.2) is 69.8 Å². The summed E-state index contributed by atoms with van der Waals surface area (Å²) in [7, 11) is 0. The fourth-order valence-electron chi connectivity index (χ4n) is 3.50. The quantitative estimate of drug-likeness (QED) is 0.350. The van der Waals surface area contributed by atoms with Crippen LogP contribution in [0.2, 0.25) is 5.02 Å². The number of fused-ring (bicyclic) bond motifs is 1. The van der Waals surface area contributed by atoms with Crippen LogP contribution in [0.25, 0.3) is 33.4 Å². The summed E-state index contributed by atoms with van der Waals surface area (Å²) in [5, 5.41) is 15.2. The molecule has 0 fully saturated rings. The van der Waals surface area contributed by atoms with E-state index >= 15 is 0 Å². The molecule has 0 radical (unpaired) electrons. The van der Waals surface area contributed by atoms with Crippen LogP contribution in [0.1, 0.15) is 21.8 Å². The highest BCUT2D eigenvalue weighted by Crippen LogP contribution is 2.37. The van der Waals surface area contributed by atoms with Gasteiger partial charge in [-0.25, -0.2) is 0 Å². The molecule has 0 saturated heterocycles. The van der Waals surface area contributed by atoms with E-state index in [9.17, 15) is 9.90 Å². The van der Waals surface area contributed by atoms with Crippen molar-refractivity contribution in [3.8, 4) is 28.3 Å². The normalized spacial score (nSPS) is 11.3. The lowest BCUT2D eigenvalue weighted by Gasteiger charge is -2.07. The molecule has 6 nitrogen and oxygen atoms in total. The number of hydrogen-bond donors (Lipinski definition) is 2. The first kappa shape index (κ1) is 18.3. The molecular formula is C23H15ClN2O4. The highest BCUT2D eigenvalue weighted by molar-refractivity contribution is 6.34. The van der Waals surface area contributed by atoms with Gasteiger partial charge in [-0.05, 0) is 36.8 Å². The van der Waals surface area contributed by atoms with E-state index in [2.05, 4.69) is 10.1 Å². The van der Waals surface area contributed by atoms with Crippen molar-refractivity contribution < 1.29 is 18.8 Å². The Morgan fingerprint density at radius 1 is 1.10 bits per heavy atom. The van der Waals surface area contributed by atoms with Crippen LogP contribution < -0.4 is 0 Å². The molecule has 0 aliphatic heterocycles. The van der Waals surface area contributed by atoms with E-state index < -0.39 is 5.78 Å². The minimum absolute atomic E-state index is 0.0583. The van der Waals surface area contributed by atoms with Crippen LogP contribution in [-0.4, -0.2) is 21.0 Å². The third kappa shape index (κ3) is 2.98. The van der Waals surface area contributed by atoms with Gasteiger partial charge in [-0.15, -0.1) is 0 Å². The first-order chi connectivity index (χ1) is 14.5. The minimum Gasteiger partial charge on any atom is -0.494 e. The summed E-state index contributed by atoms with van der Waals surface area (Å²) in [6.07, 6.45) is 1.63. The molecule has 0 atom stereocenters. The minimum atomic E-state index is -0.458. The lowest BCUT2D eigenvalue weighted by Crippen LogP contribution is -1.99. The molecule has 0 amide bonds. The van der Waals surface area contributed by atoms with Gasteiger partial charge in [0.15, 0.2) is 0 Å². The van der Waals surface area contributed by atoms with E-state index in [1.54, 1.807) is 25.3 Å². The molecule has 3 heterocycles. The van der Waals surface area contributed by atoms with Crippen LogP contribution >= 0.6 is 11.6 Å². The van der Waals surface area contributed by atoms with Gasteiger partial charge in [-0.2, -0.15) is 0 Å². The molecule has 2 aromatic carbocycles. The van der Waals surface area contributed by atoms with Gasteiger partial charge < -0.3 is 19.0 Å². The maximum Gasteiger partial charge on any atom is 0.237 e. The standard InChI is InChI=1S/C23H15ClN2O4/c1-12-9-20(30-26-12)22(27)21-16-10-15(17(24)11-18(16)25-23(21)28)13-4-6-14(7-5-13)19-3-2-8-29-19/h2-11,25,28H,1H3. The van der Waals surface area contributed by atoms with Crippen LogP contribution in [0, 0.1) is 6.92 Å². The second kappa shape index (κ2) is 6.93. The summed E-state index contributed by atoms with van der Waals surface area (Å²) in [5.74, 6) is 0.128. The highest BCUT2D eigenvalue weighted by Gasteiger charge is 2.24. The maximum absolute atomic E-state index is 12.9. The summed E-state index contributed by atoms with van der Waals surface area (Å²) < 4.78 is 10.5. The van der Waals surface area contributed by atoms with Crippen LogP contribution in [-0.2, 0) is 0 Å². The van der Waals surface area contributed by atoms with Crippen molar-refractivity contribution in [1.29, 1.82) is 0 Å². The largest absolute Gasteiger partial charge is 0.494 e. The van der Waals surface area contributed by atoms with Crippen LogP contribution in [0.3, 0.4) is 0 Å². The molecule has 30 heavy (non-hydrogen) atoms. The highest BCUT2D eigenvalue weighted by atomic mass is 35.5. The van der Waals surface area contributed by atoms with Gasteiger partial charge in [0.25, 0.3) is 0 Å². The second-order valence-electron chi connectivity index (χ2n) is 6.94. The molecule has 0 aliphatic rings. The van der Waals surface area contributed by atoms with Crippen molar-refractivity contribution in [3.05, 3.63) is 82.9 Å². The van der Waals surface area contributed by atoms with Crippen molar-refractivity contribution in [3.63, 3.8) is 0 Å². The summed E-state index contributed by atoms with van der Waals surface area (Å²) >= 11 is 6.51. The number of halogens is 1. The number of aromatic amines is 1. The number of H-pyrrole nitrogens is 1. The number of furan rings is 1. The SMILES string of the molecule is Cc1cc(C(=O)c2c(O)[nH]c3cc(Cl)c(-c4ccc(-c5ccco5)cc4)cc23)on1. The molecule has 0 bridgehead atoms. The number of aromatic hydroxyl groups is 1. The molecule has 3 aromatic heterocycles. The van der Waals surface area contributed by atoms with E-state index in [-0.39, 0.29) is 17.2 Å². The Hall–Kier alpha value is -3.77. The Kier molecular flexibility index (Phi) is 4.22. The Bertz CT molecular complexity index is 1380. The molecular weight excluding hydrogens is 404 g/mol. The molecule has 2 N–H and O–H groups in total. The molecule has 0 unspecified atom stereocenters. The number of carbonyl (C=O) groups excluding carboxylic acids is 1. The van der Waals surface area contributed by atoms with E-state index in [1.165, 1.54) is 6.07 Å². The van der Waals surface area contributed by atoms with E-state index in [0.717, 1.165) is 22.5 Å². The summed E-state index contributed by atoms with van der Waals surface area (Å²) in [5.41, 5.74) is 3.79. The zero-order chi connectivity index (χ0) is 20.8. The summed E-state index contributed by atoms with van der Waals surface area (Å²) in [6.45, 7) is 1.72. The average Bonchev–Trinajstić information content (AvgIpc) is 3.47. The third-order valence-corrected chi connectivity index (χ3v) is 5.26. The number of aromatic nitrogens is 2. The van der Waals surface area contributed by atoms with Crippen molar-refractivity contribution >= 4 is 28.3 Å². The summed E-state index contributed by atoms with van der Waals surface area (Å²) in [6, 6.07) is 16.5. The number of aryl methyl sites for hydroxylation is 1. The zero-order valence-electron chi connectivity index (χ0n) is 15.8. The number of hydrogen-bond acceptors (Lipinski definition) is 5. The second-order valence-corrected chi connectivity index (χ2v) is 7.35. The molecule has 5 rings (SSSR count). The van der Waals surface area contributed by atoms with Crippen molar-refractivity contribution in [2.45, 2.75) is 6.92 Å². The molecule has 0 spiro atoms. The topological polar surface area (TPSA) is 92.3 Å². The first-order valence-electron chi connectivity index (χ1n) is 9.18. The number of ketones is 1. The third-order valence-electron chi connectivity index (χ3n) is 4.95. The fraction of sp³-hybridized carbons (Fsp3) is 0.0435. The Balaban J connectivity index is 1.61. The fourth-order valence-corrected chi connectivity index (χ4v) is 3.78. The molecule has 5 aromatic rings. The Morgan fingerprint density at radius 2 is 1.87 bits per heavy atom. The van der Waals surface area contributed by atoms with Gasteiger partial charge >= 0.3 is 0 Å². The van der Waals surface area contributed by atoms with Gasteiger partial charge in [0.05, 0.1) is 28.1 Å². The van der Waals surface area contributed by atoms with Gasteiger partial charge in [0.1, 0.15) is 5.76 Å². The number of nitrogens with zero attached hydrogens (tertiary/aromatic N) is 1. The Labute approximate surface area is 175 Å². The average molecular weight is 419 g/mol. The Morgan fingerprint density at radius 3 is 2.53 bits per heavy atom. The predicted octanol–water partition coefficient (Wildman–Crippen LogP) is 5.98. The number of benzene rings is 2. The van der Waals surface area contributed by atoms with Crippen molar-refractivity contribution in [2.75, 3.05) is 0 Å². The van der Waals surface area contributed by atoms with Crippen LogP contribution in [0.5, 0.6) is 5.88 Å². The molecule has 7 heteroatoms. The van der Waals surface area contributed by atoms with Crippen LogP contribution in [0.4, 0.5) is 0 Å².